The van der Waals surface area contributed by atoms with Crippen LogP contribution in [0.1, 0.15) is 27.7 Å². The molecule has 0 aliphatic carbocycles. The lowest BCUT2D eigenvalue weighted by molar-refractivity contribution is 0.0471. The summed E-state index contributed by atoms with van der Waals surface area (Å²) in [5.41, 5.74) is -0.476. The lowest BCUT2D eigenvalue weighted by Crippen LogP contribution is -2.34. The molecule has 0 aliphatic rings. The van der Waals surface area contributed by atoms with Gasteiger partial charge in [-0.15, -0.1) is 0 Å². The Bertz CT molecular complexity index is 201. The number of hydrogen-bond acceptors (Lipinski definition) is 4. The summed E-state index contributed by atoms with van der Waals surface area (Å²) in [7, 11) is 0. The van der Waals surface area contributed by atoms with E-state index in [1.807, 2.05) is 27.7 Å². The van der Waals surface area contributed by atoms with Crippen molar-refractivity contribution in [2.75, 3.05) is 26.4 Å². The lowest BCUT2D eigenvalue weighted by Gasteiger charge is -2.19. The first kappa shape index (κ1) is 15.2. The fourth-order valence-electron chi connectivity index (χ4n) is 0.877. The molecule has 0 radical (unpaired) electrons. The van der Waals surface area contributed by atoms with Crippen molar-refractivity contribution in [3.05, 3.63) is 0 Å². The standard InChI is InChI=1S/C11H23NO4/c1-9(7-13)8-15-6-5-12-10(14)16-11(2,3)4/h9,13H,5-8H2,1-4H3,(H,12,14). The molecule has 0 bridgehead atoms. The number of nitrogens with one attached hydrogen (secondary N) is 1. The molecule has 2 N–H and O–H groups in total. The first-order valence-electron chi connectivity index (χ1n) is 5.50. The van der Waals surface area contributed by atoms with Gasteiger partial charge in [-0.1, -0.05) is 6.92 Å². The van der Waals surface area contributed by atoms with Crippen LogP contribution in [0.25, 0.3) is 0 Å². The molecular weight excluding hydrogens is 210 g/mol. The SMILES string of the molecule is CC(CO)COCCNC(=O)OC(C)(C)C. The molecule has 0 fully saturated rings. The van der Waals surface area contributed by atoms with E-state index in [1.165, 1.54) is 0 Å². The summed E-state index contributed by atoms with van der Waals surface area (Å²) in [6, 6.07) is 0. The van der Waals surface area contributed by atoms with Gasteiger partial charge in [-0.05, 0) is 20.8 Å². The fourth-order valence-corrected chi connectivity index (χ4v) is 0.877. The summed E-state index contributed by atoms with van der Waals surface area (Å²) in [5.74, 6) is 0.126. The zero-order valence-electron chi connectivity index (χ0n) is 10.6. The topological polar surface area (TPSA) is 67.8 Å². The molecule has 1 atom stereocenters. The third-order valence-corrected chi connectivity index (χ3v) is 1.63. The minimum atomic E-state index is -0.476. The van der Waals surface area contributed by atoms with E-state index in [-0.39, 0.29) is 12.5 Å². The van der Waals surface area contributed by atoms with Gasteiger partial charge in [0.15, 0.2) is 0 Å². The molecule has 0 spiro atoms. The van der Waals surface area contributed by atoms with Crippen LogP contribution in [0, 0.1) is 5.92 Å². The van der Waals surface area contributed by atoms with Crippen molar-refractivity contribution in [2.45, 2.75) is 33.3 Å². The average Bonchev–Trinajstić information content (AvgIpc) is 2.14. The molecule has 96 valence electrons. The van der Waals surface area contributed by atoms with Gasteiger partial charge in [-0.25, -0.2) is 4.79 Å². The second-order valence-electron chi connectivity index (χ2n) is 4.79. The number of aliphatic hydroxyl groups is 1. The molecule has 0 aliphatic heterocycles. The number of rotatable bonds is 6. The number of ether oxygens (including phenoxy) is 2. The monoisotopic (exact) mass is 233 g/mol. The Morgan fingerprint density at radius 2 is 2.06 bits per heavy atom. The predicted molar refractivity (Wildman–Crippen MR) is 61.3 cm³/mol. The molecule has 0 aromatic rings. The van der Waals surface area contributed by atoms with Crippen molar-refractivity contribution >= 4 is 6.09 Å². The number of carbonyl (C=O) groups excluding carboxylic acids is 1. The summed E-state index contributed by atoms with van der Waals surface area (Å²) in [5, 5.41) is 11.3. The molecule has 0 heterocycles. The van der Waals surface area contributed by atoms with Crippen LogP contribution in [-0.4, -0.2) is 43.2 Å². The molecule has 0 aromatic heterocycles. The van der Waals surface area contributed by atoms with Gasteiger partial charge in [0, 0.05) is 19.1 Å². The van der Waals surface area contributed by atoms with Crippen LogP contribution in [-0.2, 0) is 9.47 Å². The Hall–Kier alpha value is -0.810. The smallest absolute Gasteiger partial charge is 0.407 e. The van der Waals surface area contributed by atoms with Gasteiger partial charge >= 0.3 is 6.09 Å². The minimum absolute atomic E-state index is 0.111. The summed E-state index contributed by atoms with van der Waals surface area (Å²) in [6.45, 7) is 8.76. The van der Waals surface area contributed by atoms with E-state index in [1.54, 1.807) is 0 Å². The van der Waals surface area contributed by atoms with Gasteiger partial charge in [0.05, 0.1) is 13.2 Å². The fraction of sp³-hybridized carbons (Fsp3) is 0.909. The summed E-state index contributed by atoms with van der Waals surface area (Å²) in [4.78, 5) is 11.2. The average molecular weight is 233 g/mol. The van der Waals surface area contributed by atoms with E-state index in [2.05, 4.69) is 5.32 Å². The Labute approximate surface area is 97.1 Å². The summed E-state index contributed by atoms with van der Waals surface area (Å²) < 4.78 is 10.3. The molecule has 5 nitrogen and oxygen atoms in total. The number of amides is 1. The molecule has 0 saturated carbocycles. The van der Waals surface area contributed by atoms with Crippen LogP contribution in [0.2, 0.25) is 0 Å². The van der Waals surface area contributed by atoms with Crippen LogP contribution in [0.3, 0.4) is 0 Å². The van der Waals surface area contributed by atoms with Crippen LogP contribution in [0.5, 0.6) is 0 Å². The molecule has 0 rings (SSSR count). The highest BCUT2D eigenvalue weighted by molar-refractivity contribution is 5.67. The third kappa shape index (κ3) is 9.73. The van der Waals surface area contributed by atoms with Crippen molar-refractivity contribution in [1.29, 1.82) is 0 Å². The molecule has 0 aromatic carbocycles. The Morgan fingerprint density at radius 1 is 1.44 bits per heavy atom. The van der Waals surface area contributed by atoms with Gasteiger partial charge in [0.2, 0.25) is 0 Å². The number of aliphatic hydroxyl groups excluding tert-OH is 1. The molecule has 1 amide bonds. The second kappa shape index (κ2) is 7.46. The Kier molecular flexibility index (Phi) is 7.08. The molecule has 0 saturated heterocycles. The van der Waals surface area contributed by atoms with Crippen LogP contribution in [0.15, 0.2) is 0 Å². The van der Waals surface area contributed by atoms with E-state index in [0.29, 0.717) is 19.8 Å². The summed E-state index contributed by atoms with van der Waals surface area (Å²) in [6.07, 6.45) is -0.439. The Morgan fingerprint density at radius 3 is 2.56 bits per heavy atom. The largest absolute Gasteiger partial charge is 0.444 e. The van der Waals surface area contributed by atoms with E-state index >= 15 is 0 Å². The highest BCUT2D eigenvalue weighted by Crippen LogP contribution is 2.06. The van der Waals surface area contributed by atoms with Crippen LogP contribution < -0.4 is 5.32 Å². The van der Waals surface area contributed by atoms with Crippen LogP contribution in [0.4, 0.5) is 4.79 Å². The predicted octanol–water partition coefficient (Wildman–Crippen LogP) is 1.16. The zero-order chi connectivity index (χ0) is 12.6. The minimum Gasteiger partial charge on any atom is -0.444 e. The number of carbonyl (C=O) groups is 1. The van der Waals surface area contributed by atoms with Gasteiger partial charge in [-0.2, -0.15) is 0 Å². The van der Waals surface area contributed by atoms with Gasteiger partial charge in [0.25, 0.3) is 0 Å². The highest BCUT2D eigenvalue weighted by Gasteiger charge is 2.15. The van der Waals surface area contributed by atoms with Crippen molar-refractivity contribution in [3.63, 3.8) is 0 Å². The first-order chi connectivity index (χ1) is 7.35. The number of alkyl carbamates (subject to hydrolysis) is 1. The molecule has 16 heavy (non-hydrogen) atoms. The maximum atomic E-state index is 11.2. The summed E-state index contributed by atoms with van der Waals surface area (Å²) >= 11 is 0. The van der Waals surface area contributed by atoms with E-state index < -0.39 is 11.7 Å². The van der Waals surface area contributed by atoms with Gasteiger partial charge < -0.3 is 19.9 Å². The molecule has 1 unspecified atom stereocenters. The third-order valence-electron chi connectivity index (χ3n) is 1.63. The van der Waals surface area contributed by atoms with E-state index in [4.69, 9.17) is 14.6 Å². The van der Waals surface area contributed by atoms with Crippen molar-refractivity contribution in [2.24, 2.45) is 5.92 Å². The zero-order valence-corrected chi connectivity index (χ0v) is 10.6. The van der Waals surface area contributed by atoms with Gasteiger partial charge in [0.1, 0.15) is 5.60 Å². The van der Waals surface area contributed by atoms with Gasteiger partial charge in [-0.3, -0.25) is 0 Å². The first-order valence-corrected chi connectivity index (χ1v) is 5.50. The van der Waals surface area contributed by atoms with Crippen molar-refractivity contribution in [3.8, 4) is 0 Å². The normalized spacial score (nSPS) is 13.3. The van der Waals surface area contributed by atoms with Crippen molar-refractivity contribution < 1.29 is 19.4 Å². The molecule has 5 heteroatoms. The number of hydrogen-bond donors (Lipinski definition) is 2. The molecular formula is C11H23NO4. The van der Waals surface area contributed by atoms with E-state index in [0.717, 1.165) is 0 Å². The van der Waals surface area contributed by atoms with Crippen LogP contribution >= 0.6 is 0 Å². The highest BCUT2D eigenvalue weighted by atomic mass is 16.6. The van der Waals surface area contributed by atoms with E-state index in [9.17, 15) is 4.79 Å². The quantitative estimate of drug-likeness (QED) is 0.675. The maximum absolute atomic E-state index is 11.2. The Balaban J connectivity index is 3.42. The van der Waals surface area contributed by atoms with Crippen molar-refractivity contribution in [1.82, 2.24) is 5.32 Å². The maximum Gasteiger partial charge on any atom is 0.407 e. The lowest BCUT2D eigenvalue weighted by atomic mass is 10.2. The second-order valence-corrected chi connectivity index (χ2v) is 4.79.